The van der Waals surface area contributed by atoms with E-state index in [1.165, 1.54) is 13.3 Å². The number of amides is 1. The van der Waals surface area contributed by atoms with Crippen molar-refractivity contribution in [2.24, 2.45) is 5.16 Å². The lowest BCUT2D eigenvalue weighted by Crippen LogP contribution is -2.53. The second-order valence-electron chi connectivity index (χ2n) is 4.85. The van der Waals surface area contributed by atoms with Gasteiger partial charge in [-0.3, -0.25) is 9.59 Å². The van der Waals surface area contributed by atoms with E-state index in [0.29, 0.717) is 17.5 Å². The van der Waals surface area contributed by atoms with Crippen molar-refractivity contribution in [1.29, 1.82) is 0 Å². The minimum absolute atomic E-state index is 0.373. The van der Waals surface area contributed by atoms with Crippen LogP contribution in [0.25, 0.3) is 0 Å². The first-order valence-corrected chi connectivity index (χ1v) is 7.53. The Morgan fingerprint density at radius 2 is 2.14 bits per heavy atom. The maximum absolute atomic E-state index is 12.3. The number of Topliss-reactive ketones (excluding diaryl/α,β-unsaturated/α-hetero) is 1. The van der Waals surface area contributed by atoms with E-state index < -0.39 is 16.2 Å². The van der Waals surface area contributed by atoms with Crippen molar-refractivity contribution in [2.75, 3.05) is 7.11 Å². The second-order valence-corrected chi connectivity index (χ2v) is 5.94. The first kappa shape index (κ1) is 18.5. The van der Waals surface area contributed by atoms with Crippen LogP contribution in [0.1, 0.15) is 36.2 Å². The molecular weight excluding hydrogens is 327 g/mol. The normalized spacial score (nSPS) is 13.9. The molecule has 7 heteroatoms. The highest BCUT2D eigenvalue weighted by atomic mass is 35.5. The summed E-state index contributed by atoms with van der Waals surface area (Å²) < 4.78 is 0. The van der Waals surface area contributed by atoms with E-state index in [1.54, 1.807) is 38.1 Å². The largest absolute Gasteiger partial charge is 0.399 e. The number of rotatable bonds is 7. The van der Waals surface area contributed by atoms with Crippen LogP contribution in [0.3, 0.4) is 0 Å². The van der Waals surface area contributed by atoms with Crippen LogP contribution >= 0.6 is 23.2 Å². The van der Waals surface area contributed by atoms with Gasteiger partial charge in [-0.1, -0.05) is 47.4 Å². The fourth-order valence-electron chi connectivity index (χ4n) is 1.76. The number of nitrogens with zero attached hydrogens (tertiary/aromatic N) is 1. The SMILES string of the molecule is CCC(C)(NC(=O)c1cccc(C=NOC)c1)C(=O)C(Cl)Cl. The lowest BCUT2D eigenvalue weighted by molar-refractivity contribution is -0.123. The number of hydrogen-bond donors (Lipinski definition) is 1. The molecule has 0 bridgehead atoms. The number of halogens is 2. The molecule has 22 heavy (non-hydrogen) atoms. The Morgan fingerprint density at radius 3 is 2.68 bits per heavy atom. The Labute approximate surface area is 139 Å². The minimum Gasteiger partial charge on any atom is -0.399 e. The number of benzene rings is 1. The molecule has 0 aliphatic rings. The van der Waals surface area contributed by atoms with Gasteiger partial charge in [-0.25, -0.2) is 0 Å². The molecule has 0 spiro atoms. The molecule has 1 aromatic carbocycles. The fourth-order valence-corrected chi connectivity index (χ4v) is 2.24. The van der Waals surface area contributed by atoms with Crippen LogP contribution in [0.5, 0.6) is 0 Å². The van der Waals surface area contributed by atoms with E-state index in [9.17, 15) is 9.59 Å². The van der Waals surface area contributed by atoms with Crippen molar-refractivity contribution in [3.05, 3.63) is 35.4 Å². The van der Waals surface area contributed by atoms with Crippen LogP contribution in [0, 0.1) is 0 Å². The van der Waals surface area contributed by atoms with E-state index >= 15 is 0 Å². The lowest BCUT2D eigenvalue weighted by Gasteiger charge is -2.28. The number of nitrogens with one attached hydrogen (secondary N) is 1. The van der Waals surface area contributed by atoms with Crippen LogP contribution in [0.4, 0.5) is 0 Å². The van der Waals surface area contributed by atoms with Crippen molar-refractivity contribution in [1.82, 2.24) is 5.32 Å². The third-order valence-electron chi connectivity index (χ3n) is 3.29. The van der Waals surface area contributed by atoms with Crippen molar-refractivity contribution >= 4 is 41.1 Å². The molecule has 0 aliphatic heterocycles. The van der Waals surface area contributed by atoms with Gasteiger partial charge in [-0.15, -0.1) is 0 Å². The van der Waals surface area contributed by atoms with Gasteiger partial charge < -0.3 is 10.2 Å². The van der Waals surface area contributed by atoms with Crippen LogP contribution < -0.4 is 5.32 Å². The van der Waals surface area contributed by atoms with Crippen molar-refractivity contribution in [3.8, 4) is 0 Å². The molecule has 1 unspecified atom stereocenters. The summed E-state index contributed by atoms with van der Waals surface area (Å²) in [5, 5.41) is 6.33. The summed E-state index contributed by atoms with van der Waals surface area (Å²) >= 11 is 11.3. The first-order chi connectivity index (χ1) is 10.3. The van der Waals surface area contributed by atoms with Gasteiger partial charge in [0.25, 0.3) is 5.91 Å². The van der Waals surface area contributed by atoms with Gasteiger partial charge in [0.1, 0.15) is 7.11 Å². The highest BCUT2D eigenvalue weighted by molar-refractivity contribution is 6.54. The summed E-state index contributed by atoms with van der Waals surface area (Å²) in [6, 6.07) is 6.76. The molecule has 1 atom stereocenters. The monoisotopic (exact) mass is 344 g/mol. The number of oxime groups is 1. The first-order valence-electron chi connectivity index (χ1n) is 6.65. The molecule has 0 radical (unpaired) electrons. The zero-order chi connectivity index (χ0) is 16.8. The van der Waals surface area contributed by atoms with Gasteiger partial charge in [0.05, 0.1) is 11.8 Å². The van der Waals surface area contributed by atoms with E-state index in [-0.39, 0.29) is 5.91 Å². The Morgan fingerprint density at radius 1 is 1.45 bits per heavy atom. The molecule has 5 nitrogen and oxygen atoms in total. The molecule has 1 N–H and O–H groups in total. The second kappa shape index (κ2) is 8.15. The van der Waals surface area contributed by atoms with Crippen molar-refractivity contribution in [2.45, 2.75) is 30.6 Å². The number of carbonyl (C=O) groups is 2. The Bertz CT molecular complexity index is 576. The van der Waals surface area contributed by atoms with Gasteiger partial charge >= 0.3 is 0 Å². The molecule has 0 saturated heterocycles. The molecule has 1 rings (SSSR count). The average Bonchev–Trinajstić information content (AvgIpc) is 2.52. The van der Waals surface area contributed by atoms with Crippen LogP contribution in [0.2, 0.25) is 0 Å². The van der Waals surface area contributed by atoms with Gasteiger partial charge in [0, 0.05) is 5.56 Å². The summed E-state index contributed by atoms with van der Waals surface area (Å²) in [4.78, 5) is 27.8. The van der Waals surface area contributed by atoms with Crippen molar-refractivity contribution in [3.63, 3.8) is 0 Å². The van der Waals surface area contributed by atoms with Gasteiger partial charge in [0.15, 0.2) is 10.6 Å². The number of carbonyl (C=O) groups excluding carboxylic acids is 2. The van der Waals surface area contributed by atoms with E-state index in [4.69, 9.17) is 23.2 Å². The Hall–Kier alpha value is -1.59. The molecule has 0 aromatic heterocycles. The highest BCUT2D eigenvalue weighted by Gasteiger charge is 2.36. The van der Waals surface area contributed by atoms with E-state index in [2.05, 4.69) is 15.3 Å². The Balaban J connectivity index is 2.96. The molecule has 120 valence electrons. The number of alkyl halides is 2. The van der Waals surface area contributed by atoms with Crippen LogP contribution in [-0.2, 0) is 9.63 Å². The molecule has 0 saturated carbocycles. The van der Waals surface area contributed by atoms with Crippen LogP contribution in [0.15, 0.2) is 29.4 Å². The van der Waals surface area contributed by atoms with Gasteiger partial charge in [-0.2, -0.15) is 0 Å². The summed E-state index contributed by atoms with van der Waals surface area (Å²) in [6.45, 7) is 3.37. The smallest absolute Gasteiger partial charge is 0.252 e. The molecule has 1 amide bonds. The topological polar surface area (TPSA) is 67.8 Å². The third kappa shape index (κ3) is 4.71. The predicted octanol–water partition coefficient (Wildman–Crippen LogP) is 2.94. The summed E-state index contributed by atoms with van der Waals surface area (Å²) in [5.74, 6) is -0.830. The van der Waals surface area contributed by atoms with Gasteiger partial charge in [0.2, 0.25) is 0 Å². The highest BCUT2D eigenvalue weighted by Crippen LogP contribution is 2.19. The van der Waals surface area contributed by atoms with Gasteiger partial charge in [-0.05, 0) is 31.0 Å². The molecule has 1 aromatic rings. The lowest BCUT2D eigenvalue weighted by atomic mass is 9.93. The summed E-state index contributed by atoms with van der Waals surface area (Å²) in [7, 11) is 1.43. The minimum atomic E-state index is -1.19. The van der Waals surface area contributed by atoms with E-state index in [0.717, 1.165) is 0 Å². The quantitative estimate of drug-likeness (QED) is 0.469. The predicted molar refractivity (Wildman–Crippen MR) is 87.7 cm³/mol. The molecule has 0 fully saturated rings. The van der Waals surface area contributed by atoms with Crippen molar-refractivity contribution < 1.29 is 14.4 Å². The molecular formula is C15H18Cl2N2O3. The zero-order valence-corrected chi connectivity index (χ0v) is 14.1. The zero-order valence-electron chi connectivity index (χ0n) is 12.6. The standard InChI is InChI=1S/C15H18Cl2N2O3/c1-4-15(2,12(20)13(16)17)19-14(21)11-7-5-6-10(8-11)9-18-22-3/h5-9,13H,4H2,1-3H3,(H,19,21). The molecule has 0 heterocycles. The van der Waals surface area contributed by atoms with E-state index in [1.807, 2.05) is 0 Å². The van der Waals surface area contributed by atoms with Crippen LogP contribution in [-0.4, -0.2) is 35.4 Å². The fraction of sp³-hybridized carbons (Fsp3) is 0.400. The maximum atomic E-state index is 12.3. The Kier molecular flexibility index (Phi) is 6.84. The molecule has 0 aliphatic carbocycles. The summed E-state index contributed by atoms with van der Waals surface area (Å²) in [5.41, 5.74) is -0.0261. The number of hydrogen-bond acceptors (Lipinski definition) is 4. The third-order valence-corrected chi connectivity index (χ3v) is 3.69. The maximum Gasteiger partial charge on any atom is 0.252 e. The average molecular weight is 345 g/mol. The number of ketones is 1. The summed E-state index contributed by atoms with van der Waals surface area (Å²) in [6.07, 6.45) is 1.85.